The fourth-order valence-corrected chi connectivity index (χ4v) is 3.16. The molecule has 29 heavy (non-hydrogen) atoms. The molecule has 0 amide bonds. The van der Waals surface area contributed by atoms with Gasteiger partial charge in [-0.25, -0.2) is 9.97 Å². The predicted octanol–water partition coefficient (Wildman–Crippen LogP) is 3.65. The summed E-state index contributed by atoms with van der Waals surface area (Å²) in [5.74, 6) is 7.86. The quantitative estimate of drug-likeness (QED) is 0.726. The van der Waals surface area contributed by atoms with Crippen molar-refractivity contribution in [3.63, 3.8) is 0 Å². The Morgan fingerprint density at radius 2 is 1.97 bits per heavy atom. The SMILES string of the molecule is CC1(C)COC(Cn2cnc(-c3ncc(C#CC4CC4)cc3OC3CC3)c2)OC1. The topological polar surface area (TPSA) is 58.4 Å². The van der Waals surface area contributed by atoms with Gasteiger partial charge in [-0.3, -0.25) is 0 Å². The number of imidazole rings is 1. The first-order valence-corrected chi connectivity index (χ1v) is 10.5. The molecule has 6 nitrogen and oxygen atoms in total. The lowest BCUT2D eigenvalue weighted by molar-refractivity contribution is -0.226. The van der Waals surface area contributed by atoms with Gasteiger partial charge in [0.05, 0.1) is 32.2 Å². The van der Waals surface area contributed by atoms with Crippen molar-refractivity contribution in [3.8, 4) is 29.0 Å². The van der Waals surface area contributed by atoms with Gasteiger partial charge in [0.1, 0.15) is 17.1 Å². The van der Waals surface area contributed by atoms with E-state index >= 15 is 0 Å². The van der Waals surface area contributed by atoms with Gasteiger partial charge in [0.2, 0.25) is 0 Å². The van der Waals surface area contributed by atoms with Crippen molar-refractivity contribution in [2.75, 3.05) is 13.2 Å². The Morgan fingerprint density at radius 1 is 1.17 bits per heavy atom. The van der Waals surface area contributed by atoms with Crippen LogP contribution < -0.4 is 4.74 Å². The molecule has 6 heteroatoms. The third-order valence-electron chi connectivity index (χ3n) is 5.22. The van der Waals surface area contributed by atoms with E-state index in [-0.39, 0.29) is 17.8 Å². The molecular formula is C23H27N3O3. The van der Waals surface area contributed by atoms with Crippen molar-refractivity contribution >= 4 is 0 Å². The van der Waals surface area contributed by atoms with Crippen LogP contribution in [0.1, 0.15) is 45.1 Å². The van der Waals surface area contributed by atoms with Crippen molar-refractivity contribution < 1.29 is 14.2 Å². The van der Waals surface area contributed by atoms with Gasteiger partial charge in [-0.05, 0) is 31.7 Å². The van der Waals surface area contributed by atoms with E-state index in [0.29, 0.717) is 25.7 Å². The van der Waals surface area contributed by atoms with Crippen LogP contribution in [0.5, 0.6) is 5.75 Å². The van der Waals surface area contributed by atoms with Gasteiger partial charge >= 0.3 is 0 Å². The van der Waals surface area contributed by atoms with Crippen LogP contribution in [0, 0.1) is 23.2 Å². The van der Waals surface area contributed by atoms with Gasteiger partial charge < -0.3 is 18.8 Å². The van der Waals surface area contributed by atoms with Crippen molar-refractivity contribution in [1.82, 2.24) is 14.5 Å². The van der Waals surface area contributed by atoms with Crippen molar-refractivity contribution in [2.45, 2.75) is 58.5 Å². The molecule has 3 fully saturated rings. The third kappa shape index (κ3) is 4.80. The summed E-state index contributed by atoms with van der Waals surface area (Å²) < 4.78 is 19.8. The molecule has 5 rings (SSSR count). The molecule has 2 aliphatic carbocycles. The molecule has 2 saturated carbocycles. The van der Waals surface area contributed by atoms with Gasteiger partial charge in [-0.15, -0.1) is 0 Å². The van der Waals surface area contributed by atoms with E-state index in [9.17, 15) is 0 Å². The lowest BCUT2D eigenvalue weighted by Crippen LogP contribution is -2.39. The van der Waals surface area contributed by atoms with Crippen LogP contribution in [-0.4, -0.2) is 40.1 Å². The van der Waals surface area contributed by atoms with E-state index < -0.39 is 0 Å². The first kappa shape index (κ1) is 18.7. The first-order valence-electron chi connectivity index (χ1n) is 10.5. The summed E-state index contributed by atoms with van der Waals surface area (Å²) in [5.41, 5.74) is 2.53. The molecule has 1 saturated heterocycles. The van der Waals surface area contributed by atoms with Crippen LogP contribution in [0.4, 0.5) is 0 Å². The summed E-state index contributed by atoms with van der Waals surface area (Å²) in [7, 11) is 0. The highest BCUT2D eigenvalue weighted by Gasteiger charge is 2.29. The molecule has 152 valence electrons. The van der Waals surface area contributed by atoms with Gasteiger partial charge in [0, 0.05) is 29.3 Å². The van der Waals surface area contributed by atoms with E-state index in [1.165, 1.54) is 12.8 Å². The average molecular weight is 393 g/mol. The second kappa shape index (κ2) is 7.47. The Morgan fingerprint density at radius 3 is 2.69 bits per heavy atom. The van der Waals surface area contributed by atoms with E-state index in [4.69, 9.17) is 14.2 Å². The molecular weight excluding hydrogens is 366 g/mol. The smallest absolute Gasteiger partial charge is 0.175 e. The summed E-state index contributed by atoms with van der Waals surface area (Å²) >= 11 is 0. The highest BCUT2D eigenvalue weighted by molar-refractivity contribution is 5.63. The average Bonchev–Trinajstić information content (AvgIpc) is 3.63. The third-order valence-corrected chi connectivity index (χ3v) is 5.22. The fraction of sp³-hybridized carbons (Fsp3) is 0.565. The van der Waals surface area contributed by atoms with Gasteiger partial charge in [-0.1, -0.05) is 25.7 Å². The minimum Gasteiger partial charge on any atom is -0.488 e. The molecule has 0 N–H and O–H groups in total. The van der Waals surface area contributed by atoms with Crippen molar-refractivity contribution in [3.05, 3.63) is 30.4 Å². The zero-order chi connectivity index (χ0) is 19.8. The van der Waals surface area contributed by atoms with Crippen LogP contribution >= 0.6 is 0 Å². The van der Waals surface area contributed by atoms with E-state index in [1.807, 2.05) is 23.0 Å². The summed E-state index contributed by atoms with van der Waals surface area (Å²) in [6, 6.07) is 2.00. The van der Waals surface area contributed by atoms with Gasteiger partial charge in [0.15, 0.2) is 6.29 Å². The van der Waals surface area contributed by atoms with Crippen molar-refractivity contribution in [1.29, 1.82) is 0 Å². The zero-order valence-electron chi connectivity index (χ0n) is 17.1. The Bertz CT molecular complexity index is 938. The minimum absolute atomic E-state index is 0.0692. The Balaban J connectivity index is 1.32. The molecule has 0 bridgehead atoms. The minimum atomic E-state index is -0.250. The number of pyridine rings is 1. The van der Waals surface area contributed by atoms with Crippen molar-refractivity contribution in [2.24, 2.45) is 11.3 Å². The second-order valence-electron chi connectivity index (χ2n) is 9.10. The number of hydrogen-bond acceptors (Lipinski definition) is 5. The lowest BCUT2D eigenvalue weighted by Gasteiger charge is -2.34. The Labute approximate surface area is 171 Å². The predicted molar refractivity (Wildman–Crippen MR) is 108 cm³/mol. The van der Waals surface area contributed by atoms with E-state index in [2.05, 4.69) is 35.7 Å². The molecule has 3 heterocycles. The van der Waals surface area contributed by atoms with Crippen LogP contribution in [0.25, 0.3) is 11.4 Å². The van der Waals surface area contributed by atoms with E-state index in [1.54, 1.807) is 6.33 Å². The second-order valence-corrected chi connectivity index (χ2v) is 9.10. The molecule has 2 aromatic rings. The maximum absolute atomic E-state index is 6.13. The largest absolute Gasteiger partial charge is 0.488 e. The number of aromatic nitrogens is 3. The molecule has 1 aliphatic heterocycles. The maximum atomic E-state index is 6.13. The van der Waals surface area contributed by atoms with Crippen LogP contribution in [-0.2, 0) is 16.0 Å². The molecule has 2 aromatic heterocycles. The van der Waals surface area contributed by atoms with Gasteiger partial charge in [0.25, 0.3) is 0 Å². The maximum Gasteiger partial charge on any atom is 0.175 e. The molecule has 0 spiro atoms. The summed E-state index contributed by atoms with van der Waals surface area (Å²) in [6.45, 7) is 6.29. The fourth-order valence-electron chi connectivity index (χ4n) is 3.16. The molecule has 3 aliphatic rings. The summed E-state index contributed by atoms with van der Waals surface area (Å²) in [4.78, 5) is 9.20. The number of hydrogen-bond donors (Lipinski definition) is 0. The highest BCUT2D eigenvalue weighted by atomic mass is 16.7. The summed E-state index contributed by atoms with van der Waals surface area (Å²) in [6.07, 6.45) is 10.3. The van der Waals surface area contributed by atoms with Crippen LogP contribution in [0.15, 0.2) is 24.8 Å². The van der Waals surface area contributed by atoms with Crippen LogP contribution in [0.2, 0.25) is 0 Å². The number of ether oxygens (including phenoxy) is 3. The lowest BCUT2D eigenvalue weighted by atomic mass is 9.96. The monoisotopic (exact) mass is 393 g/mol. The Kier molecular flexibility index (Phi) is 4.81. The summed E-state index contributed by atoms with van der Waals surface area (Å²) in [5, 5.41) is 0. The molecule has 0 atom stereocenters. The van der Waals surface area contributed by atoms with Gasteiger partial charge in [-0.2, -0.15) is 0 Å². The normalized spacial score (nSPS) is 21.4. The molecule has 0 aromatic carbocycles. The number of rotatable bonds is 5. The van der Waals surface area contributed by atoms with E-state index in [0.717, 1.165) is 35.5 Å². The first-order chi connectivity index (χ1) is 14.0. The number of nitrogens with zero attached hydrogens (tertiary/aromatic N) is 3. The highest BCUT2D eigenvalue weighted by Crippen LogP contribution is 2.34. The zero-order valence-corrected chi connectivity index (χ0v) is 17.1. The molecule has 0 radical (unpaired) electrons. The molecule has 0 unspecified atom stereocenters. The standard InChI is InChI=1S/C23H27N3O3/c1-23(2)13-27-21(28-14-23)12-26-11-19(25-15-26)22-20(29-18-7-8-18)9-17(10-24-22)6-5-16-3-4-16/h9-11,15-16,18,21H,3-4,7-8,12-14H2,1-2H3. The Hall–Kier alpha value is -2.36. The van der Waals surface area contributed by atoms with Crippen LogP contribution in [0.3, 0.4) is 0 Å².